The number of aliphatic imine (C=N–C) groups is 1. The van der Waals surface area contributed by atoms with Crippen molar-refractivity contribution >= 4 is 11.5 Å². The fraction of sp³-hybridized carbons (Fsp3) is 0.579. The molecule has 41 heavy (non-hydrogen) atoms. The van der Waals surface area contributed by atoms with Crippen LogP contribution in [-0.2, 0) is 11.8 Å². The molecule has 2 bridgehead atoms. The lowest BCUT2D eigenvalue weighted by Crippen LogP contribution is -2.49. The molecule has 5 saturated carbocycles. The van der Waals surface area contributed by atoms with Crippen molar-refractivity contribution in [2.24, 2.45) is 22.2 Å². The van der Waals surface area contributed by atoms with Crippen LogP contribution in [0.3, 0.4) is 0 Å². The van der Waals surface area contributed by atoms with Crippen LogP contribution in [0.2, 0.25) is 0 Å². The van der Waals surface area contributed by atoms with Crippen LogP contribution in [0.4, 0.5) is 5.82 Å². The molecule has 1 aromatic heterocycles. The molecule has 1 aromatic carbocycles. The molecule has 5 fully saturated rings. The van der Waals surface area contributed by atoms with E-state index in [9.17, 15) is 0 Å². The van der Waals surface area contributed by atoms with E-state index >= 15 is 0 Å². The highest BCUT2D eigenvalue weighted by Gasteiger charge is 2.50. The lowest BCUT2D eigenvalue weighted by atomic mass is 9.51. The highest BCUT2D eigenvalue weighted by Crippen LogP contribution is 2.58. The van der Waals surface area contributed by atoms with Gasteiger partial charge in [-0.15, -0.1) is 0 Å². The molecule has 2 heterocycles. The zero-order chi connectivity index (χ0) is 28.0. The van der Waals surface area contributed by atoms with Crippen molar-refractivity contribution in [2.75, 3.05) is 18.0 Å². The number of hydrogen-bond donors (Lipinski definition) is 0. The second-order valence-corrected chi connectivity index (χ2v) is 14.3. The molecule has 0 N–H and O–H groups in total. The summed E-state index contributed by atoms with van der Waals surface area (Å²) in [7, 11) is 0. The molecular weight excluding hydrogens is 498 g/mol. The molecule has 0 spiro atoms. The molecule has 3 nitrogen and oxygen atoms in total. The molecule has 2 aromatic rings. The van der Waals surface area contributed by atoms with Gasteiger partial charge in [-0.1, -0.05) is 51.0 Å². The van der Waals surface area contributed by atoms with E-state index < -0.39 is 0 Å². The molecule has 216 valence electrons. The van der Waals surface area contributed by atoms with E-state index in [1.807, 2.05) is 6.20 Å². The summed E-state index contributed by atoms with van der Waals surface area (Å²) in [5.74, 6) is 2.47. The Balaban J connectivity index is 1.14. The minimum absolute atomic E-state index is 0.360. The first-order chi connectivity index (χ1) is 20.0. The summed E-state index contributed by atoms with van der Waals surface area (Å²) in [5, 5.41) is 0. The van der Waals surface area contributed by atoms with E-state index in [4.69, 9.17) is 16.6 Å². The van der Waals surface area contributed by atoms with E-state index in [1.165, 1.54) is 111 Å². The van der Waals surface area contributed by atoms with Crippen molar-refractivity contribution < 1.29 is 0 Å². The van der Waals surface area contributed by atoms with Gasteiger partial charge in [-0.2, -0.15) is 0 Å². The Morgan fingerprint density at radius 1 is 0.951 bits per heavy atom. The maximum absolute atomic E-state index is 5.01. The average molecular weight is 548 g/mol. The van der Waals surface area contributed by atoms with Crippen molar-refractivity contribution in [1.29, 1.82) is 0 Å². The van der Waals surface area contributed by atoms with Crippen LogP contribution in [0.1, 0.15) is 113 Å². The second kappa shape index (κ2) is 10.9. The van der Waals surface area contributed by atoms with Crippen molar-refractivity contribution in [2.45, 2.75) is 109 Å². The third-order valence-corrected chi connectivity index (χ3v) is 11.8. The number of benzene rings is 1. The molecule has 8 rings (SSSR count). The van der Waals surface area contributed by atoms with Crippen LogP contribution in [0, 0.1) is 24.2 Å². The summed E-state index contributed by atoms with van der Waals surface area (Å²) < 4.78 is 0. The monoisotopic (exact) mass is 547 g/mol. The third kappa shape index (κ3) is 5.23. The van der Waals surface area contributed by atoms with E-state index in [1.54, 1.807) is 5.56 Å². The first-order valence-corrected chi connectivity index (χ1v) is 16.8. The zero-order valence-corrected chi connectivity index (χ0v) is 25.6. The van der Waals surface area contributed by atoms with Gasteiger partial charge in [-0.05, 0) is 141 Å². The standard InChI is InChI=1S/C38H49N3/c1-4-29-12-13-34(22-27(29)2)38-18-15-37(16-19-38,17-20-38)26-41(28(3)30-8-6-5-7-9-30)36-24-32(14-21-39-36)35-23-33(25-40-35)31-10-11-31/h12-14,21-24,30-31H,3-11,15-20,25-26H2,1-2H3. The predicted molar refractivity (Wildman–Crippen MR) is 172 cm³/mol. The highest BCUT2D eigenvalue weighted by atomic mass is 15.2. The number of aryl methyl sites for hydroxylation is 2. The number of nitrogens with zero attached hydrogens (tertiary/aromatic N) is 3. The van der Waals surface area contributed by atoms with Crippen LogP contribution in [0.15, 0.2) is 65.4 Å². The highest BCUT2D eigenvalue weighted by molar-refractivity contribution is 6.10. The number of hydrogen-bond acceptors (Lipinski definition) is 3. The number of aromatic nitrogens is 1. The average Bonchev–Trinajstić information content (AvgIpc) is 3.77. The second-order valence-electron chi connectivity index (χ2n) is 14.3. The quantitative estimate of drug-likeness (QED) is 0.313. The molecule has 1 aliphatic heterocycles. The van der Waals surface area contributed by atoms with Gasteiger partial charge in [0, 0.05) is 24.0 Å². The molecule has 6 aliphatic rings. The van der Waals surface area contributed by atoms with E-state index in [0.717, 1.165) is 37.0 Å². The van der Waals surface area contributed by atoms with E-state index in [0.29, 0.717) is 16.7 Å². The van der Waals surface area contributed by atoms with Crippen molar-refractivity contribution in [1.82, 2.24) is 4.98 Å². The normalized spacial score (nSPS) is 28.0. The van der Waals surface area contributed by atoms with Gasteiger partial charge in [-0.25, -0.2) is 4.98 Å². The lowest BCUT2D eigenvalue weighted by Gasteiger charge is -2.55. The smallest absolute Gasteiger partial charge is 0.133 e. The van der Waals surface area contributed by atoms with Crippen molar-refractivity contribution in [3.05, 3.63) is 82.7 Å². The molecule has 0 radical (unpaired) electrons. The number of rotatable bonds is 9. The molecule has 0 saturated heterocycles. The summed E-state index contributed by atoms with van der Waals surface area (Å²) in [6.45, 7) is 11.3. The van der Waals surface area contributed by atoms with Crippen LogP contribution >= 0.6 is 0 Å². The number of allylic oxidation sites excluding steroid dienone is 2. The van der Waals surface area contributed by atoms with E-state index in [-0.39, 0.29) is 0 Å². The SMILES string of the molecule is C=C(C1CCCCC1)N(CC12CCC(c3ccc(CC)c(C)c3)(CC1)CC2)c1cc(C2=NCC(C3CC3)=C2)ccn1. The van der Waals surface area contributed by atoms with Gasteiger partial charge in [0.2, 0.25) is 0 Å². The van der Waals surface area contributed by atoms with Crippen LogP contribution in [0.5, 0.6) is 0 Å². The fourth-order valence-corrected chi connectivity index (χ4v) is 8.72. The van der Waals surface area contributed by atoms with Crippen molar-refractivity contribution in [3.63, 3.8) is 0 Å². The Morgan fingerprint density at radius 3 is 2.39 bits per heavy atom. The Labute approximate surface area is 248 Å². The fourth-order valence-electron chi connectivity index (χ4n) is 8.72. The Bertz CT molecular complexity index is 1350. The third-order valence-electron chi connectivity index (χ3n) is 11.8. The molecule has 3 heteroatoms. The summed E-state index contributed by atoms with van der Waals surface area (Å²) in [4.78, 5) is 12.5. The summed E-state index contributed by atoms with van der Waals surface area (Å²) in [6.07, 6.45) is 22.7. The number of fused-ring (bicyclic) bond motifs is 3. The maximum Gasteiger partial charge on any atom is 0.133 e. The van der Waals surface area contributed by atoms with Gasteiger partial charge in [0.25, 0.3) is 0 Å². The maximum atomic E-state index is 5.01. The number of pyridine rings is 1. The number of anilines is 1. The molecular formula is C38H49N3. The van der Waals surface area contributed by atoms with Gasteiger partial charge in [0.05, 0.1) is 12.3 Å². The molecule has 5 aliphatic carbocycles. The van der Waals surface area contributed by atoms with Gasteiger partial charge in [0.1, 0.15) is 5.82 Å². The van der Waals surface area contributed by atoms with Crippen LogP contribution in [-0.4, -0.2) is 23.8 Å². The van der Waals surface area contributed by atoms with Gasteiger partial charge >= 0.3 is 0 Å². The Kier molecular flexibility index (Phi) is 7.20. The predicted octanol–water partition coefficient (Wildman–Crippen LogP) is 9.28. The Hall–Kier alpha value is -2.68. The molecule has 0 atom stereocenters. The first kappa shape index (κ1) is 27.2. The van der Waals surface area contributed by atoms with Gasteiger partial charge < -0.3 is 4.90 Å². The topological polar surface area (TPSA) is 28.5 Å². The summed E-state index contributed by atoms with van der Waals surface area (Å²) in [5.41, 5.74) is 10.6. The first-order valence-electron chi connectivity index (χ1n) is 16.8. The van der Waals surface area contributed by atoms with Gasteiger partial charge in [0.15, 0.2) is 0 Å². The zero-order valence-electron chi connectivity index (χ0n) is 25.6. The molecule has 0 unspecified atom stereocenters. The summed E-state index contributed by atoms with van der Waals surface area (Å²) >= 11 is 0. The minimum Gasteiger partial charge on any atom is -0.330 e. The van der Waals surface area contributed by atoms with Crippen LogP contribution in [0.25, 0.3) is 0 Å². The van der Waals surface area contributed by atoms with E-state index in [2.05, 4.69) is 55.2 Å². The Morgan fingerprint density at radius 2 is 1.71 bits per heavy atom. The lowest BCUT2D eigenvalue weighted by molar-refractivity contribution is 0.0459. The van der Waals surface area contributed by atoms with Crippen molar-refractivity contribution in [3.8, 4) is 0 Å². The van der Waals surface area contributed by atoms with Gasteiger partial charge in [-0.3, -0.25) is 4.99 Å². The van der Waals surface area contributed by atoms with Crippen LogP contribution < -0.4 is 4.90 Å². The molecule has 0 amide bonds. The summed E-state index contributed by atoms with van der Waals surface area (Å²) in [6, 6.07) is 11.9. The largest absolute Gasteiger partial charge is 0.330 e. The minimum atomic E-state index is 0.360.